The Morgan fingerprint density at radius 1 is 1.19 bits per heavy atom. The van der Waals surface area contributed by atoms with Gasteiger partial charge in [0.2, 0.25) is 0 Å². The molecule has 7 heteroatoms. The molecule has 0 unspecified atom stereocenters. The lowest BCUT2D eigenvalue weighted by Crippen LogP contribution is -2.38. The summed E-state index contributed by atoms with van der Waals surface area (Å²) < 4.78 is 5.43. The van der Waals surface area contributed by atoms with Gasteiger partial charge in [-0.25, -0.2) is 15.4 Å². The Balaban J connectivity index is 2.12. The number of nitrogens with one attached hydrogen (secondary N) is 1. The minimum atomic E-state index is -0.995. The molecule has 2 N–H and O–H groups in total. The molecule has 0 saturated carbocycles. The van der Waals surface area contributed by atoms with Gasteiger partial charge in [-0.15, -0.1) is 0 Å². The molecule has 0 bridgehead atoms. The normalized spacial score (nSPS) is 11.3. The van der Waals surface area contributed by atoms with Crippen molar-refractivity contribution in [3.8, 4) is 5.75 Å². The predicted octanol–water partition coefficient (Wildman–Crippen LogP) is 3.19. The fourth-order valence-electron chi connectivity index (χ4n) is 3.04. The molecule has 0 radical (unpaired) electrons. The number of hydroxylamine groups is 1. The van der Waals surface area contributed by atoms with Crippen LogP contribution in [0.5, 0.6) is 5.75 Å². The number of rotatable bonds is 5. The Kier molecular flexibility index (Phi) is 4.96. The van der Waals surface area contributed by atoms with Gasteiger partial charge in [0.15, 0.2) is 0 Å². The van der Waals surface area contributed by atoms with E-state index in [0.717, 1.165) is 22.4 Å². The molecule has 1 aromatic heterocycles. The van der Waals surface area contributed by atoms with Gasteiger partial charge in [-0.3, -0.25) is 10.0 Å². The average Bonchev–Trinajstić information content (AvgIpc) is 2.71. The Labute approximate surface area is 157 Å². The SMILES string of the molecule is COc1ccc(N(C)c2ncnc3ccccc23)cc1C(C)(C)C(=O)NO. The van der Waals surface area contributed by atoms with Crippen LogP contribution in [0, 0.1) is 0 Å². The van der Waals surface area contributed by atoms with Crippen molar-refractivity contribution in [2.24, 2.45) is 0 Å². The Hall–Kier alpha value is -3.19. The van der Waals surface area contributed by atoms with Gasteiger partial charge >= 0.3 is 0 Å². The van der Waals surface area contributed by atoms with Crippen LogP contribution in [0.1, 0.15) is 19.4 Å². The molecule has 2 aromatic carbocycles. The summed E-state index contributed by atoms with van der Waals surface area (Å²) in [5, 5.41) is 10.0. The average molecular weight is 366 g/mol. The number of para-hydroxylation sites is 1. The van der Waals surface area contributed by atoms with Crippen molar-refractivity contribution in [3.63, 3.8) is 0 Å². The molecule has 1 heterocycles. The number of nitrogens with zero attached hydrogens (tertiary/aromatic N) is 3. The van der Waals surface area contributed by atoms with E-state index in [9.17, 15) is 4.79 Å². The van der Waals surface area contributed by atoms with Gasteiger partial charge < -0.3 is 9.64 Å². The summed E-state index contributed by atoms with van der Waals surface area (Å²) in [6, 6.07) is 13.3. The van der Waals surface area contributed by atoms with Crippen LogP contribution in [0.3, 0.4) is 0 Å². The molecule has 140 valence electrons. The van der Waals surface area contributed by atoms with Crippen LogP contribution in [-0.4, -0.2) is 35.2 Å². The molecule has 0 fully saturated rings. The minimum Gasteiger partial charge on any atom is -0.496 e. The number of methoxy groups -OCH3 is 1. The molecular formula is C20H22N4O3. The van der Waals surface area contributed by atoms with E-state index in [2.05, 4.69) is 9.97 Å². The van der Waals surface area contributed by atoms with Gasteiger partial charge in [0.05, 0.1) is 18.0 Å². The van der Waals surface area contributed by atoms with E-state index in [1.54, 1.807) is 32.5 Å². The molecular weight excluding hydrogens is 344 g/mol. The number of carbonyl (C=O) groups excluding carboxylic acids is 1. The third-order valence-electron chi connectivity index (χ3n) is 4.75. The van der Waals surface area contributed by atoms with Crippen molar-refractivity contribution < 1.29 is 14.7 Å². The third kappa shape index (κ3) is 3.29. The lowest BCUT2D eigenvalue weighted by atomic mass is 9.83. The van der Waals surface area contributed by atoms with Gasteiger partial charge in [-0.2, -0.15) is 0 Å². The second-order valence-electron chi connectivity index (χ2n) is 6.72. The van der Waals surface area contributed by atoms with Crippen molar-refractivity contribution in [2.75, 3.05) is 19.1 Å². The van der Waals surface area contributed by atoms with Crippen LogP contribution in [-0.2, 0) is 10.2 Å². The minimum absolute atomic E-state index is 0.520. The number of hydrogen-bond acceptors (Lipinski definition) is 6. The first-order valence-electron chi connectivity index (χ1n) is 8.46. The molecule has 0 aliphatic rings. The number of ether oxygens (including phenoxy) is 1. The number of hydrogen-bond donors (Lipinski definition) is 2. The van der Waals surface area contributed by atoms with Crippen molar-refractivity contribution in [1.29, 1.82) is 0 Å². The van der Waals surface area contributed by atoms with Crippen LogP contribution in [0.2, 0.25) is 0 Å². The third-order valence-corrected chi connectivity index (χ3v) is 4.75. The number of benzene rings is 2. The lowest BCUT2D eigenvalue weighted by Gasteiger charge is -2.27. The van der Waals surface area contributed by atoms with E-state index in [1.165, 1.54) is 6.33 Å². The molecule has 0 spiro atoms. The van der Waals surface area contributed by atoms with Crippen LogP contribution < -0.4 is 15.1 Å². The number of anilines is 2. The lowest BCUT2D eigenvalue weighted by molar-refractivity contribution is -0.134. The topological polar surface area (TPSA) is 87.6 Å². The summed E-state index contributed by atoms with van der Waals surface area (Å²) in [6.45, 7) is 3.44. The maximum atomic E-state index is 12.2. The highest BCUT2D eigenvalue weighted by atomic mass is 16.5. The van der Waals surface area contributed by atoms with Crippen molar-refractivity contribution in [1.82, 2.24) is 15.4 Å². The van der Waals surface area contributed by atoms with E-state index in [1.807, 2.05) is 48.3 Å². The molecule has 3 aromatic rings. The van der Waals surface area contributed by atoms with Crippen LogP contribution >= 0.6 is 0 Å². The van der Waals surface area contributed by atoms with E-state index >= 15 is 0 Å². The van der Waals surface area contributed by atoms with E-state index < -0.39 is 11.3 Å². The van der Waals surface area contributed by atoms with Gasteiger partial charge in [0.25, 0.3) is 5.91 Å². The Morgan fingerprint density at radius 3 is 2.63 bits per heavy atom. The maximum absolute atomic E-state index is 12.2. The van der Waals surface area contributed by atoms with Crippen LogP contribution in [0.15, 0.2) is 48.8 Å². The first-order chi connectivity index (χ1) is 12.9. The molecule has 7 nitrogen and oxygen atoms in total. The Bertz CT molecular complexity index is 983. The smallest absolute Gasteiger partial charge is 0.253 e. The van der Waals surface area contributed by atoms with Crippen LogP contribution in [0.25, 0.3) is 10.9 Å². The second-order valence-corrected chi connectivity index (χ2v) is 6.72. The molecule has 0 atom stereocenters. The zero-order valence-corrected chi connectivity index (χ0v) is 15.7. The zero-order chi connectivity index (χ0) is 19.6. The van der Waals surface area contributed by atoms with Gasteiger partial charge in [-0.1, -0.05) is 12.1 Å². The maximum Gasteiger partial charge on any atom is 0.253 e. The predicted molar refractivity (Wildman–Crippen MR) is 104 cm³/mol. The second kappa shape index (κ2) is 7.20. The highest BCUT2D eigenvalue weighted by Gasteiger charge is 2.33. The standard InChI is InChI=1S/C20H22N4O3/c1-20(2,19(25)23-26)15-11-13(9-10-17(15)27-4)24(3)18-14-7-5-6-8-16(14)21-12-22-18/h5-12,26H,1-4H3,(H,23,25). The summed E-state index contributed by atoms with van der Waals surface area (Å²) in [4.78, 5) is 22.8. The summed E-state index contributed by atoms with van der Waals surface area (Å²) in [7, 11) is 3.45. The number of carbonyl (C=O) groups is 1. The van der Waals surface area contributed by atoms with Crippen molar-refractivity contribution >= 4 is 28.3 Å². The van der Waals surface area contributed by atoms with E-state index in [0.29, 0.717) is 11.3 Å². The van der Waals surface area contributed by atoms with Crippen molar-refractivity contribution in [2.45, 2.75) is 19.3 Å². The zero-order valence-electron chi connectivity index (χ0n) is 15.7. The fourth-order valence-corrected chi connectivity index (χ4v) is 3.04. The molecule has 27 heavy (non-hydrogen) atoms. The molecule has 0 aliphatic carbocycles. The first kappa shape index (κ1) is 18.6. The van der Waals surface area contributed by atoms with Gasteiger partial charge in [0, 0.05) is 23.7 Å². The van der Waals surface area contributed by atoms with Gasteiger partial charge in [-0.05, 0) is 44.2 Å². The molecule has 0 saturated heterocycles. The van der Waals surface area contributed by atoms with E-state index in [4.69, 9.17) is 9.94 Å². The number of aromatic nitrogens is 2. The first-order valence-corrected chi connectivity index (χ1v) is 8.46. The quantitative estimate of drug-likeness (QED) is 0.533. The summed E-state index contributed by atoms with van der Waals surface area (Å²) in [6.07, 6.45) is 1.53. The Morgan fingerprint density at radius 2 is 1.93 bits per heavy atom. The molecule has 0 aliphatic heterocycles. The summed E-state index contributed by atoms with van der Waals surface area (Å²) >= 11 is 0. The van der Waals surface area contributed by atoms with Crippen LogP contribution in [0.4, 0.5) is 11.5 Å². The monoisotopic (exact) mass is 366 g/mol. The molecule has 1 amide bonds. The fraction of sp³-hybridized carbons (Fsp3) is 0.250. The molecule has 3 rings (SSSR count). The number of fused-ring (bicyclic) bond motifs is 1. The highest BCUT2D eigenvalue weighted by Crippen LogP contribution is 2.37. The highest BCUT2D eigenvalue weighted by molar-refractivity contribution is 5.92. The largest absolute Gasteiger partial charge is 0.496 e. The van der Waals surface area contributed by atoms with E-state index in [-0.39, 0.29) is 0 Å². The van der Waals surface area contributed by atoms with Crippen molar-refractivity contribution in [3.05, 3.63) is 54.4 Å². The number of amides is 1. The van der Waals surface area contributed by atoms with Gasteiger partial charge in [0.1, 0.15) is 17.9 Å². The summed E-state index contributed by atoms with van der Waals surface area (Å²) in [5.74, 6) is 0.794. The summed E-state index contributed by atoms with van der Waals surface area (Å²) in [5.41, 5.74) is 3.06.